The SMILES string of the molecule is CCn1cc(O[C@H]2CCC[C@@H]2O)cn1. The summed E-state index contributed by atoms with van der Waals surface area (Å²) in [7, 11) is 0. The Morgan fingerprint density at radius 2 is 2.50 bits per heavy atom. The minimum atomic E-state index is -0.306. The van der Waals surface area contributed by atoms with Gasteiger partial charge in [0.15, 0.2) is 5.75 Å². The topological polar surface area (TPSA) is 47.3 Å². The van der Waals surface area contributed by atoms with Crippen LogP contribution in [0.3, 0.4) is 0 Å². The van der Waals surface area contributed by atoms with Crippen LogP contribution in [0.25, 0.3) is 0 Å². The normalized spacial score (nSPS) is 26.7. The van der Waals surface area contributed by atoms with Crippen molar-refractivity contribution in [1.82, 2.24) is 9.78 Å². The molecule has 0 bridgehead atoms. The van der Waals surface area contributed by atoms with Gasteiger partial charge in [0, 0.05) is 6.54 Å². The maximum Gasteiger partial charge on any atom is 0.157 e. The zero-order valence-electron chi connectivity index (χ0n) is 8.39. The van der Waals surface area contributed by atoms with Crippen molar-refractivity contribution >= 4 is 0 Å². The van der Waals surface area contributed by atoms with Gasteiger partial charge in [0.2, 0.25) is 0 Å². The molecule has 2 atom stereocenters. The van der Waals surface area contributed by atoms with Crippen molar-refractivity contribution in [3.05, 3.63) is 12.4 Å². The lowest BCUT2D eigenvalue weighted by Crippen LogP contribution is -2.25. The first kappa shape index (κ1) is 9.52. The molecule has 1 aromatic heterocycles. The minimum Gasteiger partial charge on any atom is -0.484 e. The van der Waals surface area contributed by atoms with Gasteiger partial charge in [0.1, 0.15) is 6.10 Å². The molecule has 14 heavy (non-hydrogen) atoms. The van der Waals surface area contributed by atoms with Crippen LogP contribution in [0.5, 0.6) is 5.75 Å². The number of rotatable bonds is 3. The smallest absolute Gasteiger partial charge is 0.157 e. The Morgan fingerprint density at radius 3 is 3.07 bits per heavy atom. The molecule has 0 spiro atoms. The van der Waals surface area contributed by atoms with E-state index in [1.807, 2.05) is 17.8 Å². The summed E-state index contributed by atoms with van der Waals surface area (Å²) in [6.45, 7) is 2.87. The van der Waals surface area contributed by atoms with Gasteiger partial charge in [-0.1, -0.05) is 0 Å². The van der Waals surface area contributed by atoms with E-state index in [1.165, 1.54) is 0 Å². The van der Waals surface area contributed by atoms with Crippen LogP contribution in [0.1, 0.15) is 26.2 Å². The lowest BCUT2D eigenvalue weighted by molar-refractivity contribution is 0.0603. The van der Waals surface area contributed by atoms with Gasteiger partial charge in [-0.15, -0.1) is 0 Å². The lowest BCUT2D eigenvalue weighted by atomic mass is 10.2. The maximum absolute atomic E-state index is 9.56. The molecule has 1 aromatic rings. The lowest BCUT2D eigenvalue weighted by Gasteiger charge is -2.15. The third-order valence-corrected chi connectivity index (χ3v) is 2.64. The van der Waals surface area contributed by atoms with Gasteiger partial charge in [-0.2, -0.15) is 5.10 Å². The van der Waals surface area contributed by atoms with Gasteiger partial charge in [-0.25, -0.2) is 0 Å². The molecule has 1 fully saturated rings. The van der Waals surface area contributed by atoms with Crippen LogP contribution in [0.2, 0.25) is 0 Å². The Hall–Kier alpha value is -1.03. The molecule has 4 heteroatoms. The van der Waals surface area contributed by atoms with Gasteiger partial charge >= 0.3 is 0 Å². The number of aliphatic hydroxyl groups excluding tert-OH is 1. The van der Waals surface area contributed by atoms with E-state index in [1.54, 1.807) is 6.20 Å². The summed E-state index contributed by atoms with van der Waals surface area (Å²) in [5.41, 5.74) is 0. The molecule has 1 N–H and O–H groups in total. The van der Waals surface area contributed by atoms with E-state index in [2.05, 4.69) is 5.10 Å². The van der Waals surface area contributed by atoms with Crippen LogP contribution >= 0.6 is 0 Å². The molecule has 0 saturated heterocycles. The van der Waals surface area contributed by atoms with Crippen LogP contribution in [0, 0.1) is 0 Å². The van der Waals surface area contributed by atoms with Crippen molar-refractivity contribution in [1.29, 1.82) is 0 Å². The Kier molecular flexibility index (Phi) is 2.72. The van der Waals surface area contributed by atoms with Gasteiger partial charge < -0.3 is 9.84 Å². The van der Waals surface area contributed by atoms with Crippen molar-refractivity contribution in [3.8, 4) is 5.75 Å². The quantitative estimate of drug-likeness (QED) is 0.790. The van der Waals surface area contributed by atoms with Crippen molar-refractivity contribution in [2.75, 3.05) is 0 Å². The number of nitrogens with zero attached hydrogens (tertiary/aromatic N) is 2. The molecule has 0 aromatic carbocycles. The predicted molar refractivity (Wildman–Crippen MR) is 52.2 cm³/mol. The highest BCUT2D eigenvalue weighted by Gasteiger charge is 2.27. The second kappa shape index (κ2) is 4.00. The first-order valence-corrected chi connectivity index (χ1v) is 5.16. The largest absolute Gasteiger partial charge is 0.484 e. The van der Waals surface area contributed by atoms with Crippen molar-refractivity contribution in [2.24, 2.45) is 0 Å². The van der Waals surface area contributed by atoms with Crippen molar-refractivity contribution in [2.45, 2.75) is 44.9 Å². The second-order valence-electron chi connectivity index (χ2n) is 3.69. The Labute approximate surface area is 83.5 Å². The van der Waals surface area contributed by atoms with Crippen LogP contribution in [-0.2, 0) is 6.54 Å². The summed E-state index contributed by atoms with van der Waals surface area (Å²) >= 11 is 0. The highest BCUT2D eigenvalue weighted by molar-refractivity contribution is 5.12. The monoisotopic (exact) mass is 196 g/mol. The first-order valence-electron chi connectivity index (χ1n) is 5.16. The highest BCUT2D eigenvalue weighted by atomic mass is 16.5. The van der Waals surface area contributed by atoms with Crippen LogP contribution < -0.4 is 4.74 Å². The number of aliphatic hydroxyl groups is 1. The zero-order valence-corrected chi connectivity index (χ0v) is 8.39. The Bertz CT molecular complexity index is 298. The van der Waals surface area contributed by atoms with Crippen molar-refractivity contribution < 1.29 is 9.84 Å². The molecule has 0 amide bonds. The summed E-state index contributed by atoms with van der Waals surface area (Å²) in [4.78, 5) is 0. The molecule has 78 valence electrons. The molecule has 1 saturated carbocycles. The van der Waals surface area contributed by atoms with E-state index in [0.717, 1.165) is 31.6 Å². The maximum atomic E-state index is 9.56. The molecule has 0 radical (unpaired) electrons. The average molecular weight is 196 g/mol. The van der Waals surface area contributed by atoms with E-state index < -0.39 is 0 Å². The number of hydrogen-bond donors (Lipinski definition) is 1. The van der Waals surface area contributed by atoms with Crippen LogP contribution in [-0.4, -0.2) is 27.1 Å². The third-order valence-electron chi connectivity index (χ3n) is 2.64. The molecule has 0 aliphatic heterocycles. The van der Waals surface area contributed by atoms with Crippen LogP contribution in [0.15, 0.2) is 12.4 Å². The average Bonchev–Trinajstić information content (AvgIpc) is 2.77. The van der Waals surface area contributed by atoms with Gasteiger partial charge in [0.05, 0.1) is 18.5 Å². The fourth-order valence-electron chi connectivity index (χ4n) is 1.80. The number of hydrogen-bond acceptors (Lipinski definition) is 3. The number of ether oxygens (including phenoxy) is 1. The standard InChI is InChI=1S/C10H16N2O2/c1-2-12-7-8(6-11-12)14-10-5-3-4-9(10)13/h6-7,9-10,13H,2-5H2,1H3/t9-,10-/m0/s1. The molecule has 0 unspecified atom stereocenters. The predicted octanol–water partition coefficient (Wildman–Crippen LogP) is 1.20. The van der Waals surface area contributed by atoms with Crippen LogP contribution in [0.4, 0.5) is 0 Å². The van der Waals surface area contributed by atoms with Gasteiger partial charge in [-0.05, 0) is 26.2 Å². The summed E-state index contributed by atoms with van der Waals surface area (Å²) in [6.07, 6.45) is 6.07. The third kappa shape index (κ3) is 1.90. The molecule has 2 rings (SSSR count). The summed E-state index contributed by atoms with van der Waals surface area (Å²) < 4.78 is 7.45. The van der Waals surface area contributed by atoms with E-state index in [9.17, 15) is 5.11 Å². The summed E-state index contributed by atoms with van der Waals surface area (Å²) in [6, 6.07) is 0. The highest BCUT2D eigenvalue weighted by Crippen LogP contribution is 2.24. The van der Waals surface area contributed by atoms with Gasteiger partial charge in [0.25, 0.3) is 0 Å². The summed E-state index contributed by atoms with van der Waals surface area (Å²) in [5.74, 6) is 0.762. The molecule has 1 heterocycles. The Balaban J connectivity index is 1.96. The number of aryl methyl sites for hydroxylation is 1. The molecule has 1 aliphatic carbocycles. The van der Waals surface area contributed by atoms with Crippen molar-refractivity contribution in [3.63, 3.8) is 0 Å². The molecular weight excluding hydrogens is 180 g/mol. The first-order chi connectivity index (χ1) is 6.79. The number of aromatic nitrogens is 2. The fourth-order valence-corrected chi connectivity index (χ4v) is 1.80. The Morgan fingerprint density at radius 1 is 1.64 bits per heavy atom. The molecular formula is C10H16N2O2. The van der Waals surface area contributed by atoms with E-state index in [-0.39, 0.29) is 12.2 Å². The molecule has 4 nitrogen and oxygen atoms in total. The van der Waals surface area contributed by atoms with E-state index in [4.69, 9.17) is 4.74 Å². The van der Waals surface area contributed by atoms with E-state index >= 15 is 0 Å². The second-order valence-corrected chi connectivity index (χ2v) is 3.69. The van der Waals surface area contributed by atoms with E-state index in [0.29, 0.717) is 0 Å². The minimum absolute atomic E-state index is 0.0375. The van der Waals surface area contributed by atoms with Gasteiger partial charge in [-0.3, -0.25) is 4.68 Å². The molecule has 1 aliphatic rings. The summed E-state index contributed by atoms with van der Waals surface area (Å²) in [5, 5.41) is 13.7. The zero-order chi connectivity index (χ0) is 9.97. The fraction of sp³-hybridized carbons (Fsp3) is 0.700.